The van der Waals surface area contributed by atoms with Crippen LogP contribution in [-0.4, -0.2) is 13.2 Å². The molecule has 0 fully saturated rings. The lowest BCUT2D eigenvalue weighted by molar-refractivity contribution is 0.410. The largest absolute Gasteiger partial charge is 0.495 e. The summed E-state index contributed by atoms with van der Waals surface area (Å²) in [5.41, 5.74) is 9.16. The number of hydrogen-bond acceptors (Lipinski definition) is 2. The van der Waals surface area contributed by atoms with E-state index in [4.69, 9.17) is 10.5 Å². The van der Waals surface area contributed by atoms with Crippen molar-refractivity contribution in [2.45, 2.75) is 33.7 Å². The first kappa shape index (κ1) is 13.6. The van der Waals surface area contributed by atoms with Crippen molar-refractivity contribution < 1.29 is 4.74 Å². The van der Waals surface area contributed by atoms with Crippen LogP contribution in [-0.2, 0) is 0 Å². The van der Waals surface area contributed by atoms with Crippen molar-refractivity contribution in [3.05, 3.63) is 28.8 Å². The molecule has 1 unspecified atom stereocenters. The number of rotatable bonds is 2. The van der Waals surface area contributed by atoms with Crippen LogP contribution in [0.2, 0.25) is 0 Å². The van der Waals surface area contributed by atoms with Crippen LogP contribution in [0.3, 0.4) is 0 Å². The summed E-state index contributed by atoms with van der Waals surface area (Å²) in [7, 11) is 1.68. The van der Waals surface area contributed by atoms with Gasteiger partial charge in [-0.1, -0.05) is 31.8 Å². The van der Waals surface area contributed by atoms with Gasteiger partial charge in [0, 0.05) is 0 Å². The van der Waals surface area contributed by atoms with E-state index in [9.17, 15) is 0 Å². The van der Waals surface area contributed by atoms with Gasteiger partial charge in [-0.25, -0.2) is 0 Å². The van der Waals surface area contributed by atoms with Crippen molar-refractivity contribution in [1.82, 2.24) is 0 Å². The first-order chi connectivity index (χ1) is 7.97. The molecule has 0 spiro atoms. The molecule has 1 atom stereocenters. The van der Waals surface area contributed by atoms with Crippen molar-refractivity contribution in [3.63, 3.8) is 0 Å². The molecule has 2 heteroatoms. The average molecular weight is 231 g/mol. The molecule has 17 heavy (non-hydrogen) atoms. The van der Waals surface area contributed by atoms with E-state index >= 15 is 0 Å². The Morgan fingerprint density at radius 1 is 1.24 bits per heavy atom. The fourth-order valence-electron chi connectivity index (χ4n) is 1.48. The molecule has 92 valence electrons. The molecule has 0 aliphatic rings. The summed E-state index contributed by atoms with van der Waals surface area (Å²) in [5.74, 6) is 7.40. The molecule has 0 aliphatic carbocycles. The Balaban J connectivity index is 3.11. The zero-order valence-corrected chi connectivity index (χ0v) is 11.3. The van der Waals surface area contributed by atoms with E-state index in [0.29, 0.717) is 5.92 Å². The Morgan fingerprint density at radius 2 is 1.88 bits per heavy atom. The molecule has 2 N–H and O–H groups in total. The van der Waals surface area contributed by atoms with Crippen LogP contribution < -0.4 is 10.5 Å². The van der Waals surface area contributed by atoms with Crippen molar-refractivity contribution >= 4 is 0 Å². The molecular weight excluding hydrogens is 210 g/mol. The van der Waals surface area contributed by atoms with Crippen LogP contribution in [0.5, 0.6) is 5.75 Å². The van der Waals surface area contributed by atoms with Crippen LogP contribution >= 0.6 is 0 Å². The van der Waals surface area contributed by atoms with Crippen molar-refractivity contribution in [1.29, 1.82) is 0 Å². The third-order valence-corrected chi connectivity index (χ3v) is 2.97. The molecular formula is C15H21NO. The second kappa shape index (κ2) is 5.75. The number of ether oxygens (including phenoxy) is 1. The van der Waals surface area contributed by atoms with Crippen molar-refractivity contribution in [2.75, 3.05) is 7.11 Å². The van der Waals surface area contributed by atoms with Crippen LogP contribution in [0.1, 0.15) is 30.5 Å². The van der Waals surface area contributed by atoms with Crippen LogP contribution in [0, 0.1) is 31.6 Å². The van der Waals surface area contributed by atoms with Crippen molar-refractivity contribution in [2.24, 2.45) is 11.7 Å². The van der Waals surface area contributed by atoms with Crippen LogP contribution in [0.25, 0.3) is 0 Å². The summed E-state index contributed by atoms with van der Waals surface area (Å²) < 4.78 is 5.41. The van der Waals surface area contributed by atoms with Gasteiger partial charge in [-0.15, -0.1) is 0 Å². The molecule has 1 rings (SSSR count). The van der Waals surface area contributed by atoms with Gasteiger partial charge in [-0.05, 0) is 37.0 Å². The van der Waals surface area contributed by atoms with E-state index < -0.39 is 0 Å². The molecule has 0 amide bonds. The van der Waals surface area contributed by atoms with E-state index in [1.165, 1.54) is 5.56 Å². The summed E-state index contributed by atoms with van der Waals surface area (Å²) >= 11 is 0. The monoisotopic (exact) mass is 231 g/mol. The average Bonchev–Trinajstić information content (AvgIpc) is 2.30. The lowest BCUT2D eigenvalue weighted by Crippen LogP contribution is -2.23. The van der Waals surface area contributed by atoms with E-state index in [1.54, 1.807) is 7.11 Å². The topological polar surface area (TPSA) is 35.2 Å². The first-order valence-corrected chi connectivity index (χ1v) is 5.88. The highest BCUT2D eigenvalue weighted by Crippen LogP contribution is 2.25. The molecule has 1 aromatic carbocycles. The third-order valence-electron chi connectivity index (χ3n) is 2.97. The number of aryl methyl sites for hydroxylation is 1. The Hall–Kier alpha value is -1.46. The maximum atomic E-state index is 5.91. The van der Waals surface area contributed by atoms with Gasteiger partial charge in [0.1, 0.15) is 5.75 Å². The Labute approximate surface area is 104 Å². The van der Waals surface area contributed by atoms with Crippen molar-refractivity contribution in [3.8, 4) is 17.6 Å². The molecule has 0 radical (unpaired) electrons. The Morgan fingerprint density at radius 3 is 2.41 bits per heavy atom. The number of benzene rings is 1. The lowest BCUT2D eigenvalue weighted by atomic mass is 10.0. The van der Waals surface area contributed by atoms with Gasteiger partial charge in [-0.3, -0.25) is 0 Å². The van der Waals surface area contributed by atoms with Gasteiger partial charge in [0.2, 0.25) is 0 Å². The van der Waals surface area contributed by atoms with Crippen LogP contribution in [0.4, 0.5) is 0 Å². The number of methoxy groups -OCH3 is 1. The summed E-state index contributed by atoms with van der Waals surface area (Å²) in [6.45, 7) is 8.24. The lowest BCUT2D eigenvalue weighted by Gasteiger charge is -2.10. The highest BCUT2D eigenvalue weighted by atomic mass is 16.5. The predicted molar refractivity (Wildman–Crippen MR) is 72.2 cm³/mol. The summed E-state index contributed by atoms with van der Waals surface area (Å²) in [6.07, 6.45) is 0. The second-order valence-electron chi connectivity index (χ2n) is 4.63. The fraction of sp³-hybridized carbons (Fsp3) is 0.467. The first-order valence-electron chi connectivity index (χ1n) is 5.88. The second-order valence-corrected chi connectivity index (χ2v) is 4.63. The van der Waals surface area contributed by atoms with Gasteiger partial charge >= 0.3 is 0 Å². The van der Waals surface area contributed by atoms with Gasteiger partial charge in [0.25, 0.3) is 0 Å². The summed E-state index contributed by atoms with van der Waals surface area (Å²) in [4.78, 5) is 0. The highest BCUT2D eigenvalue weighted by Gasteiger charge is 2.07. The third kappa shape index (κ3) is 3.25. The standard InChI is InChI=1S/C15H21NO/c1-10(2)14(16)9-8-13-7-6-11(3)12(4)15(13)17-5/h6-7,10,14H,16H2,1-5H3. The maximum Gasteiger partial charge on any atom is 0.137 e. The fourth-order valence-corrected chi connectivity index (χ4v) is 1.48. The van der Waals surface area contributed by atoms with Crippen LogP contribution in [0.15, 0.2) is 12.1 Å². The minimum Gasteiger partial charge on any atom is -0.495 e. The predicted octanol–water partition coefficient (Wildman–Crippen LogP) is 2.65. The van der Waals surface area contributed by atoms with Gasteiger partial charge in [0.05, 0.1) is 18.7 Å². The van der Waals surface area contributed by atoms with Gasteiger partial charge < -0.3 is 10.5 Å². The van der Waals surface area contributed by atoms with E-state index in [2.05, 4.69) is 38.7 Å². The minimum absolute atomic E-state index is 0.0960. The van der Waals surface area contributed by atoms with Gasteiger partial charge in [0.15, 0.2) is 0 Å². The Bertz CT molecular complexity index is 452. The molecule has 0 aromatic heterocycles. The highest BCUT2D eigenvalue weighted by molar-refractivity contribution is 5.53. The Kier molecular flexibility index (Phi) is 4.60. The number of hydrogen-bond donors (Lipinski definition) is 1. The van der Waals surface area contributed by atoms with E-state index in [1.807, 2.05) is 13.0 Å². The molecule has 2 nitrogen and oxygen atoms in total. The maximum absolute atomic E-state index is 5.91. The molecule has 0 bridgehead atoms. The van der Waals surface area contributed by atoms with Gasteiger partial charge in [-0.2, -0.15) is 0 Å². The quantitative estimate of drug-likeness (QED) is 0.794. The molecule has 0 saturated carbocycles. The summed E-state index contributed by atoms with van der Waals surface area (Å²) in [5, 5.41) is 0. The zero-order valence-electron chi connectivity index (χ0n) is 11.3. The number of nitrogens with two attached hydrogens (primary N) is 1. The summed E-state index contributed by atoms with van der Waals surface area (Å²) in [6, 6.07) is 3.95. The minimum atomic E-state index is -0.0960. The normalized spacial score (nSPS) is 11.9. The zero-order chi connectivity index (χ0) is 13.0. The van der Waals surface area contributed by atoms with E-state index in [0.717, 1.165) is 16.9 Å². The SMILES string of the molecule is COc1c(C#CC(N)C(C)C)ccc(C)c1C. The molecule has 0 heterocycles. The molecule has 1 aromatic rings. The van der Waals surface area contributed by atoms with E-state index in [-0.39, 0.29) is 6.04 Å². The molecule has 0 saturated heterocycles. The molecule has 0 aliphatic heterocycles. The smallest absolute Gasteiger partial charge is 0.137 e.